The third-order valence-electron chi connectivity index (χ3n) is 4.13. The first-order valence-corrected chi connectivity index (χ1v) is 8.46. The van der Waals surface area contributed by atoms with Gasteiger partial charge in [0.1, 0.15) is 5.82 Å². The molecule has 3 nitrogen and oxygen atoms in total. The van der Waals surface area contributed by atoms with E-state index in [9.17, 15) is 9.18 Å². The standard InChI is InChI=1S/C18H18BrFN2O/c19-14-6-7-17(20)16(10-14)18(23)21-11-13-8-9-22(12-13)15-4-2-1-3-5-15/h1-7,10,13H,8-9,11-12H2,(H,21,23). The van der Waals surface area contributed by atoms with Crippen molar-refractivity contribution in [1.29, 1.82) is 0 Å². The molecule has 3 rings (SSSR count). The minimum absolute atomic E-state index is 0.0808. The van der Waals surface area contributed by atoms with Crippen LogP contribution in [0.5, 0.6) is 0 Å². The second-order valence-corrected chi connectivity index (χ2v) is 6.69. The maximum atomic E-state index is 13.7. The molecule has 0 radical (unpaired) electrons. The van der Waals surface area contributed by atoms with Gasteiger partial charge >= 0.3 is 0 Å². The first-order chi connectivity index (χ1) is 11.1. The van der Waals surface area contributed by atoms with Crippen LogP contribution in [0.2, 0.25) is 0 Å². The fourth-order valence-electron chi connectivity index (χ4n) is 2.88. The molecule has 0 aliphatic carbocycles. The number of halogens is 2. The summed E-state index contributed by atoms with van der Waals surface area (Å²) in [7, 11) is 0. The number of benzene rings is 2. The van der Waals surface area contributed by atoms with Crippen LogP contribution in [-0.2, 0) is 0 Å². The summed E-state index contributed by atoms with van der Waals surface area (Å²) < 4.78 is 14.4. The summed E-state index contributed by atoms with van der Waals surface area (Å²) in [5.74, 6) is -0.473. The third-order valence-corrected chi connectivity index (χ3v) is 4.62. The van der Waals surface area contributed by atoms with Gasteiger partial charge in [0.05, 0.1) is 5.56 Å². The normalized spacial score (nSPS) is 17.3. The van der Waals surface area contributed by atoms with Gasteiger partial charge in [-0.15, -0.1) is 0 Å². The second kappa shape index (κ2) is 7.13. The quantitative estimate of drug-likeness (QED) is 0.878. The van der Waals surface area contributed by atoms with Crippen LogP contribution in [0.1, 0.15) is 16.8 Å². The molecule has 0 spiro atoms. The van der Waals surface area contributed by atoms with E-state index in [1.165, 1.54) is 17.8 Å². The van der Waals surface area contributed by atoms with Crippen LogP contribution in [-0.4, -0.2) is 25.5 Å². The average molecular weight is 377 g/mol. The Morgan fingerprint density at radius 1 is 1.26 bits per heavy atom. The molecule has 120 valence electrons. The molecule has 1 heterocycles. The number of nitrogens with zero attached hydrogens (tertiary/aromatic N) is 1. The molecule has 23 heavy (non-hydrogen) atoms. The minimum Gasteiger partial charge on any atom is -0.371 e. The Bertz CT molecular complexity index is 693. The Balaban J connectivity index is 1.55. The van der Waals surface area contributed by atoms with Gasteiger partial charge in [-0.1, -0.05) is 34.1 Å². The largest absolute Gasteiger partial charge is 0.371 e. The fourth-order valence-corrected chi connectivity index (χ4v) is 3.24. The van der Waals surface area contributed by atoms with E-state index in [1.54, 1.807) is 6.07 Å². The van der Waals surface area contributed by atoms with Gasteiger partial charge in [-0.25, -0.2) is 4.39 Å². The Labute approximate surface area is 143 Å². The third kappa shape index (κ3) is 3.91. The lowest BCUT2D eigenvalue weighted by Crippen LogP contribution is -2.31. The number of hydrogen-bond donors (Lipinski definition) is 1. The number of rotatable bonds is 4. The zero-order valence-electron chi connectivity index (χ0n) is 12.6. The van der Waals surface area contributed by atoms with E-state index in [4.69, 9.17) is 0 Å². The number of anilines is 1. The number of amides is 1. The summed E-state index contributed by atoms with van der Waals surface area (Å²) in [6.07, 6.45) is 1.02. The lowest BCUT2D eigenvalue weighted by atomic mass is 10.1. The van der Waals surface area contributed by atoms with Crippen molar-refractivity contribution in [2.45, 2.75) is 6.42 Å². The van der Waals surface area contributed by atoms with Crippen LogP contribution in [0.4, 0.5) is 10.1 Å². The van der Waals surface area contributed by atoms with Crippen LogP contribution >= 0.6 is 15.9 Å². The van der Waals surface area contributed by atoms with Crippen LogP contribution in [0.25, 0.3) is 0 Å². The highest BCUT2D eigenvalue weighted by atomic mass is 79.9. The zero-order chi connectivity index (χ0) is 16.2. The molecule has 0 saturated carbocycles. The van der Waals surface area contributed by atoms with Gasteiger partial charge in [0.15, 0.2) is 0 Å². The molecule has 1 aliphatic rings. The van der Waals surface area contributed by atoms with Crippen molar-refractivity contribution in [2.24, 2.45) is 5.92 Å². The fraction of sp³-hybridized carbons (Fsp3) is 0.278. The van der Waals surface area contributed by atoms with E-state index in [2.05, 4.69) is 38.3 Å². The number of nitrogens with one attached hydrogen (secondary N) is 1. The molecule has 0 aromatic heterocycles. The maximum absolute atomic E-state index is 13.7. The van der Waals surface area contributed by atoms with Gasteiger partial charge in [-0.05, 0) is 42.7 Å². The molecule has 1 fully saturated rings. The molecule has 2 aromatic carbocycles. The van der Waals surface area contributed by atoms with Crippen LogP contribution in [0, 0.1) is 11.7 Å². The Hall–Kier alpha value is -1.88. The summed E-state index contributed by atoms with van der Waals surface area (Å²) in [5.41, 5.74) is 1.29. The topological polar surface area (TPSA) is 32.3 Å². The van der Waals surface area contributed by atoms with E-state index < -0.39 is 5.82 Å². The van der Waals surface area contributed by atoms with Crippen LogP contribution < -0.4 is 10.2 Å². The van der Waals surface area contributed by atoms with Gasteiger partial charge in [0.2, 0.25) is 0 Å². The van der Waals surface area contributed by atoms with Gasteiger partial charge in [-0.3, -0.25) is 4.79 Å². The minimum atomic E-state index is -0.497. The number of hydrogen-bond acceptors (Lipinski definition) is 2. The van der Waals surface area contributed by atoms with Crippen LogP contribution in [0.15, 0.2) is 53.0 Å². The highest BCUT2D eigenvalue weighted by Gasteiger charge is 2.23. The molecule has 1 N–H and O–H groups in total. The number of carbonyl (C=O) groups excluding carboxylic acids is 1. The summed E-state index contributed by atoms with van der Waals surface area (Å²) >= 11 is 3.26. The SMILES string of the molecule is O=C(NCC1CCN(c2ccccc2)C1)c1cc(Br)ccc1F. The van der Waals surface area contributed by atoms with Gasteiger partial charge in [0, 0.05) is 29.8 Å². The van der Waals surface area contributed by atoms with E-state index in [0.29, 0.717) is 16.9 Å². The molecule has 5 heteroatoms. The van der Waals surface area contributed by atoms with E-state index in [1.807, 2.05) is 18.2 Å². The highest BCUT2D eigenvalue weighted by Crippen LogP contribution is 2.23. The highest BCUT2D eigenvalue weighted by molar-refractivity contribution is 9.10. The van der Waals surface area contributed by atoms with Gasteiger partial charge in [0.25, 0.3) is 5.91 Å². The average Bonchev–Trinajstić information content (AvgIpc) is 3.05. The molecule has 1 unspecified atom stereocenters. The summed E-state index contributed by atoms with van der Waals surface area (Å²) in [4.78, 5) is 14.5. The van der Waals surface area contributed by atoms with Gasteiger partial charge in [-0.2, -0.15) is 0 Å². The van der Waals surface area contributed by atoms with Gasteiger partial charge < -0.3 is 10.2 Å². The predicted octanol–water partition coefficient (Wildman–Crippen LogP) is 3.84. The molecule has 1 amide bonds. The van der Waals surface area contributed by atoms with Crippen molar-refractivity contribution >= 4 is 27.5 Å². The lowest BCUT2D eigenvalue weighted by molar-refractivity contribution is 0.0944. The number of para-hydroxylation sites is 1. The molecular weight excluding hydrogens is 359 g/mol. The maximum Gasteiger partial charge on any atom is 0.254 e. The summed E-state index contributed by atoms with van der Waals surface area (Å²) in [5, 5.41) is 2.85. The monoisotopic (exact) mass is 376 g/mol. The molecule has 1 aliphatic heterocycles. The smallest absolute Gasteiger partial charge is 0.254 e. The zero-order valence-corrected chi connectivity index (χ0v) is 14.2. The molecule has 1 saturated heterocycles. The number of carbonyl (C=O) groups is 1. The van der Waals surface area contributed by atoms with E-state index >= 15 is 0 Å². The summed E-state index contributed by atoms with van der Waals surface area (Å²) in [6, 6.07) is 14.6. The van der Waals surface area contributed by atoms with Crippen molar-refractivity contribution in [3.8, 4) is 0 Å². The van der Waals surface area contributed by atoms with E-state index in [0.717, 1.165) is 19.5 Å². The molecule has 2 aromatic rings. The summed E-state index contributed by atoms with van der Waals surface area (Å²) in [6.45, 7) is 2.45. The van der Waals surface area contributed by atoms with Crippen molar-refractivity contribution < 1.29 is 9.18 Å². The second-order valence-electron chi connectivity index (χ2n) is 5.77. The van der Waals surface area contributed by atoms with Crippen LogP contribution in [0.3, 0.4) is 0 Å². The van der Waals surface area contributed by atoms with E-state index in [-0.39, 0.29) is 11.5 Å². The molecular formula is C18H18BrFN2O. The van der Waals surface area contributed by atoms with Crippen molar-refractivity contribution in [2.75, 3.05) is 24.5 Å². The molecule has 1 atom stereocenters. The molecule has 0 bridgehead atoms. The first-order valence-electron chi connectivity index (χ1n) is 7.67. The predicted molar refractivity (Wildman–Crippen MR) is 93.2 cm³/mol. The van der Waals surface area contributed by atoms with Crippen molar-refractivity contribution in [1.82, 2.24) is 5.32 Å². The first kappa shape index (κ1) is 16.0. The van der Waals surface area contributed by atoms with Crippen molar-refractivity contribution in [3.05, 3.63) is 64.4 Å². The Kier molecular flexibility index (Phi) is 4.96. The lowest BCUT2D eigenvalue weighted by Gasteiger charge is -2.18. The Morgan fingerprint density at radius 3 is 2.83 bits per heavy atom. The Morgan fingerprint density at radius 2 is 2.04 bits per heavy atom. The van der Waals surface area contributed by atoms with Crippen molar-refractivity contribution in [3.63, 3.8) is 0 Å².